The van der Waals surface area contributed by atoms with E-state index < -0.39 is 5.97 Å². The van der Waals surface area contributed by atoms with Crippen molar-refractivity contribution in [3.05, 3.63) is 110 Å². The van der Waals surface area contributed by atoms with Crippen molar-refractivity contribution in [2.75, 3.05) is 14.2 Å². The molecule has 0 unspecified atom stereocenters. The number of aldehydes is 2. The summed E-state index contributed by atoms with van der Waals surface area (Å²) >= 11 is 0. The van der Waals surface area contributed by atoms with Gasteiger partial charge in [-0.2, -0.15) is 0 Å². The lowest BCUT2D eigenvalue weighted by Gasteiger charge is -2.04. The van der Waals surface area contributed by atoms with Crippen LogP contribution in [0.15, 0.2) is 104 Å². The molecular weight excluding hydrogens is 444 g/mol. The first-order valence-electron chi connectivity index (χ1n) is 10.4. The van der Waals surface area contributed by atoms with E-state index >= 15 is 0 Å². The van der Waals surface area contributed by atoms with Crippen molar-refractivity contribution in [1.82, 2.24) is 0 Å². The standard InChI is InChI=1S/C23H20O4.2C3H4O/c1-25-20-10-8-19(9-11-20)18-6-3-17(4-7-18)5-16-23(24)27-22-14-12-21(26-2)13-15-22;2*1-2-3-4/h3-16H,1-2H3;2*2-3H,1H2/b16-5-;;. The summed E-state index contributed by atoms with van der Waals surface area (Å²) < 4.78 is 15.5. The lowest BCUT2D eigenvalue weighted by Crippen LogP contribution is -2.03. The van der Waals surface area contributed by atoms with Gasteiger partial charge in [0.15, 0.2) is 0 Å². The molecule has 0 saturated carbocycles. The Bertz CT molecular complexity index is 1070. The molecule has 0 radical (unpaired) electrons. The van der Waals surface area contributed by atoms with Crippen LogP contribution in [0, 0.1) is 0 Å². The van der Waals surface area contributed by atoms with Gasteiger partial charge in [-0.3, -0.25) is 9.59 Å². The van der Waals surface area contributed by atoms with Gasteiger partial charge in [0.1, 0.15) is 29.8 Å². The molecule has 0 N–H and O–H groups in total. The molecule has 180 valence electrons. The molecule has 0 aromatic heterocycles. The molecule has 0 aliphatic rings. The average Bonchev–Trinajstić information content (AvgIpc) is 2.93. The third kappa shape index (κ3) is 11.1. The number of benzene rings is 3. The lowest BCUT2D eigenvalue weighted by atomic mass is 10.0. The quantitative estimate of drug-likeness (QED) is 0.180. The zero-order chi connectivity index (χ0) is 25.9. The van der Waals surface area contributed by atoms with E-state index in [4.69, 9.17) is 23.8 Å². The van der Waals surface area contributed by atoms with Crippen LogP contribution in [0.25, 0.3) is 17.2 Å². The Morgan fingerprint density at radius 2 is 1.03 bits per heavy atom. The van der Waals surface area contributed by atoms with Crippen LogP contribution in [-0.4, -0.2) is 32.8 Å². The Morgan fingerprint density at radius 1 is 0.657 bits per heavy atom. The summed E-state index contributed by atoms with van der Waals surface area (Å²) in [7, 11) is 3.24. The zero-order valence-corrected chi connectivity index (χ0v) is 19.8. The van der Waals surface area contributed by atoms with Crippen LogP contribution >= 0.6 is 0 Å². The number of carbonyl (C=O) groups is 3. The molecule has 0 bridgehead atoms. The fraction of sp³-hybridized carbons (Fsp3) is 0.0690. The van der Waals surface area contributed by atoms with Crippen LogP contribution in [0.1, 0.15) is 5.56 Å². The second-order valence-electron chi connectivity index (χ2n) is 6.52. The number of hydrogen-bond acceptors (Lipinski definition) is 6. The molecule has 3 aromatic carbocycles. The predicted octanol–water partition coefficient (Wildman–Crippen LogP) is 5.73. The zero-order valence-electron chi connectivity index (χ0n) is 19.8. The summed E-state index contributed by atoms with van der Waals surface area (Å²) in [6.45, 7) is 6.22. The second kappa shape index (κ2) is 16.9. The van der Waals surface area contributed by atoms with Gasteiger partial charge in [0.25, 0.3) is 0 Å². The van der Waals surface area contributed by atoms with Crippen molar-refractivity contribution >= 4 is 24.6 Å². The number of allylic oxidation sites excluding steroid dienone is 2. The molecule has 0 atom stereocenters. The second-order valence-corrected chi connectivity index (χ2v) is 6.52. The number of carbonyl (C=O) groups excluding carboxylic acids is 3. The van der Waals surface area contributed by atoms with Gasteiger partial charge in [0.05, 0.1) is 14.2 Å². The van der Waals surface area contributed by atoms with Crippen molar-refractivity contribution < 1.29 is 28.6 Å². The van der Waals surface area contributed by atoms with Gasteiger partial charge in [-0.25, -0.2) is 4.79 Å². The van der Waals surface area contributed by atoms with Crippen LogP contribution in [0.3, 0.4) is 0 Å². The van der Waals surface area contributed by atoms with E-state index in [-0.39, 0.29) is 0 Å². The minimum absolute atomic E-state index is 0.431. The highest BCUT2D eigenvalue weighted by Gasteiger charge is 2.02. The smallest absolute Gasteiger partial charge is 0.336 e. The van der Waals surface area contributed by atoms with Crippen LogP contribution in [0.2, 0.25) is 0 Å². The highest BCUT2D eigenvalue weighted by molar-refractivity contribution is 5.88. The summed E-state index contributed by atoms with van der Waals surface area (Å²) in [6, 6.07) is 22.7. The maximum atomic E-state index is 11.9. The molecule has 0 aliphatic heterocycles. The van der Waals surface area contributed by atoms with Crippen molar-refractivity contribution in [2.24, 2.45) is 0 Å². The molecule has 3 aromatic rings. The lowest BCUT2D eigenvalue weighted by molar-refractivity contribution is -0.128. The fourth-order valence-electron chi connectivity index (χ4n) is 2.53. The first kappa shape index (κ1) is 28.3. The van der Waals surface area contributed by atoms with Gasteiger partial charge in [-0.05, 0) is 71.3 Å². The Morgan fingerprint density at radius 3 is 1.43 bits per heavy atom. The highest BCUT2D eigenvalue weighted by Crippen LogP contribution is 2.23. The van der Waals surface area contributed by atoms with Crippen LogP contribution in [-0.2, 0) is 14.4 Å². The average molecular weight is 473 g/mol. The molecule has 6 nitrogen and oxygen atoms in total. The number of methoxy groups -OCH3 is 2. The number of ether oxygens (including phenoxy) is 3. The summed E-state index contributed by atoms with van der Waals surface area (Å²) in [5.74, 6) is 1.58. The van der Waals surface area contributed by atoms with Crippen molar-refractivity contribution in [2.45, 2.75) is 0 Å². The van der Waals surface area contributed by atoms with E-state index in [1.54, 1.807) is 44.6 Å². The third-order valence-corrected chi connectivity index (χ3v) is 4.22. The molecule has 0 heterocycles. The maximum Gasteiger partial charge on any atom is 0.336 e. The van der Waals surface area contributed by atoms with Gasteiger partial charge in [0.2, 0.25) is 0 Å². The van der Waals surface area contributed by atoms with Crippen molar-refractivity contribution in [1.29, 1.82) is 0 Å². The Kier molecular flexibility index (Phi) is 13.6. The molecule has 0 saturated heterocycles. The first-order chi connectivity index (χ1) is 17.0. The van der Waals surface area contributed by atoms with Gasteiger partial charge >= 0.3 is 5.97 Å². The summed E-state index contributed by atoms with van der Waals surface area (Å²) in [5, 5.41) is 0. The molecule has 0 amide bonds. The van der Waals surface area contributed by atoms with E-state index in [9.17, 15) is 4.79 Å². The number of hydrogen-bond donors (Lipinski definition) is 0. The Hall–Kier alpha value is -4.71. The number of esters is 1. The van der Waals surface area contributed by atoms with E-state index in [1.807, 2.05) is 48.5 Å². The van der Waals surface area contributed by atoms with Crippen molar-refractivity contribution in [3.8, 4) is 28.4 Å². The van der Waals surface area contributed by atoms with Gasteiger partial charge in [0, 0.05) is 6.08 Å². The predicted molar refractivity (Wildman–Crippen MR) is 139 cm³/mol. The van der Waals surface area contributed by atoms with E-state index in [2.05, 4.69) is 13.2 Å². The fourth-order valence-corrected chi connectivity index (χ4v) is 2.53. The van der Waals surface area contributed by atoms with E-state index in [0.29, 0.717) is 24.1 Å². The minimum atomic E-state index is -0.431. The molecule has 35 heavy (non-hydrogen) atoms. The number of rotatable bonds is 8. The van der Waals surface area contributed by atoms with Gasteiger partial charge < -0.3 is 14.2 Å². The van der Waals surface area contributed by atoms with Crippen LogP contribution in [0.4, 0.5) is 0 Å². The first-order valence-corrected chi connectivity index (χ1v) is 10.4. The molecule has 3 rings (SSSR count). The van der Waals surface area contributed by atoms with Crippen LogP contribution in [0.5, 0.6) is 17.2 Å². The maximum absolute atomic E-state index is 11.9. The SMILES string of the molecule is C=CC=O.C=CC=O.COc1ccc(OC(=O)/C=C\c2ccc(-c3ccc(OC)cc3)cc2)cc1. The van der Waals surface area contributed by atoms with Crippen molar-refractivity contribution in [3.63, 3.8) is 0 Å². The summed E-state index contributed by atoms with van der Waals surface area (Å²) in [4.78, 5) is 30.0. The summed E-state index contributed by atoms with van der Waals surface area (Å²) in [5.41, 5.74) is 3.11. The molecule has 0 fully saturated rings. The molecule has 0 aliphatic carbocycles. The monoisotopic (exact) mass is 472 g/mol. The largest absolute Gasteiger partial charge is 0.497 e. The molecule has 0 spiro atoms. The highest BCUT2D eigenvalue weighted by atomic mass is 16.5. The van der Waals surface area contributed by atoms with Gasteiger partial charge in [-0.15, -0.1) is 0 Å². The normalized spacial score (nSPS) is 9.31. The molecular formula is C29H28O6. The van der Waals surface area contributed by atoms with E-state index in [0.717, 1.165) is 22.4 Å². The summed E-state index contributed by atoms with van der Waals surface area (Å²) in [6.07, 6.45) is 6.80. The van der Waals surface area contributed by atoms with E-state index in [1.165, 1.54) is 18.2 Å². The topological polar surface area (TPSA) is 78.9 Å². The van der Waals surface area contributed by atoms with Crippen LogP contribution < -0.4 is 14.2 Å². The molecule has 6 heteroatoms. The van der Waals surface area contributed by atoms with Gasteiger partial charge in [-0.1, -0.05) is 49.6 Å². The third-order valence-electron chi connectivity index (χ3n) is 4.22. The Labute approximate surface area is 205 Å². The minimum Gasteiger partial charge on any atom is -0.497 e. The Balaban J connectivity index is 0.000000668.